The number of carbonyl (C=O) groups excluding carboxylic acids is 3. The summed E-state index contributed by atoms with van der Waals surface area (Å²) in [6.45, 7) is 3.44. The lowest BCUT2D eigenvalue weighted by Gasteiger charge is -2.26. The Morgan fingerprint density at radius 3 is 2.41 bits per heavy atom. The molecule has 3 rings (SSSR count). The number of nitrogens with zero attached hydrogens (tertiary/aromatic N) is 1. The second-order valence-corrected chi connectivity index (χ2v) is 7.14. The lowest BCUT2D eigenvalue weighted by atomic mass is 10.2. The third-order valence-electron chi connectivity index (χ3n) is 4.78. The molecule has 0 aliphatic carbocycles. The minimum Gasteiger partial charge on any atom is -0.493 e. The van der Waals surface area contributed by atoms with Gasteiger partial charge in [0, 0.05) is 18.8 Å². The third-order valence-corrected chi connectivity index (χ3v) is 4.78. The maximum Gasteiger partial charge on any atom is 0.338 e. The first-order valence-electron chi connectivity index (χ1n) is 10.2. The SMILES string of the molecule is COc1cc(C(=O)OCC(=O)Nc2ccc(C)cc2)ccc1OCC(=O)N1CCOCC1. The summed E-state index contributed by atoms with van der Waals surface area (Å²) in [5.74, 6) is -0.686. The van der Waals surface area contributed by atoms with Gasteiger partial charge in [0.05, 0.1) is 25.9 Å². The number of esters is 1. The normalized spacial score (nSPS) is 13.2. The van der Waals surface area contributed by atoms with E-state index in [-0.39, 0.29) is 23.8 Å². The Bertz CT molecular complexity index is 953. The van der Waals surface area contributed by atoms with Crippen molar-refractivity contribution in [2.24, 2.45) is 0 Å². The van der Waals surface area contributed by atoms with Crippen molar-refractivity contribution < 1.29 is 33.3 Å². The highest BCUT2D eigenvalue weighted by Gasteiger charge is 2.19. The minimum atomic E-state index is -0.682. The highest BCUT2D eigenvalue weighted by atomic mass is 16.5. The zero-order valence-electron chi connectivity index (χ0n) is 18.1. The number of carbonyl (C=O) groups is 3. The molecule has 0 atom stereocenters. The van der Waals surface area contributed by atoms with E-state index < -0.39 is 18.5 Å². The van der Waals surface area contributed by atoms with Crippen LogP contribution in [0, 0.1) is 6.92 Å². The first kappa shape index (κ1) is 23.1. The molecule has 0 radical (unpaired) electrons. The predicted octanol–water partition coefficient (Wildman–Crippen LogP) is 2.04. The molecule has 1 aliphatic rings. The molecule has 170 valence electrons. The lowest BCUT2D eigenvalue weighted by Crippen LogP contribution is -2.43. The molecule has 1 saturated heterocycles. The van der Waals surface area contributed by atoms with E-state index in [1.165, 1.54) is 25.3 Å². The topological polar surface area (TPSA) is 103 Å². The van der Waals surface area contributed by atoms with Gasteiger partial charge in [-0.2, -0.15) is 0 Å². The number of anilines is 1. The van der Waals surface area contributed by atoms with E-state index in [1.807, 2.05) is 19.1 Å². The Labute approximate surface area is 186 Å². The van der Waals surface area contributed by atoms with Crippen molar-refractivity contribution in [3.63, 3.8) is 0 Å². The molecule has 1 fully saturated rings. The first-order chi connectivity index (χ1) is 15.5. The van der Waals surface area contributed by atoms with Crippen LogP contribution in [0.25, 0.3) is 0 Å². The molecule has 0 unspecified atom stereocenters. The maximum absolute atomic E-state index is 12.3. The summed E-state index contributed by atoms with van der Waals surface area (Å²) in [4.78, 5) is 38.2. The molecule has 1 heterocycles. The van der Waals surface area contributed by atoms with Gasteiger partial charge >= 0.3 is 5.97 Å². The van der Waals surface area contributed by atoms with Gasteiger partial charge in [-0.25, -0.2) is 4.79 Å². The van der Waals surface area contributed by atoms with Crippen LogP contribution in [0.4, 0.5) is 5.69 Å². The molecule has 1 aliphatic heterocycles. The number of aryl methyl sites for hydroxylation is 1. The van der Waals surface area contributed by atoms with Gasteiger partial charge in [0.25, 0.3) is 11.8 Å². The van der Waals surface area contributed by atoms with Gasteiger partial charge in [0.2, 0.25) is 0 Å². The van der Waals surface area contributed by atoms with Crippen LogP contribution in [-0.4, -0.2) is 69.3 Å². The first-order valence-corrected chi connectivity index (χ1v) is 10.2. The van der Waals surface area contributed by atoms with Crippen molar-refractivity contribution in [3.8, 4) is 11.5 Å². The molecule has 2 amide bonds. The van der Waals surface area contributed by atoms with Crippen LogP contribution in [0.3, 0.4) is 0 Å². The van der Waals surface area contributed by atoms with Crippen LogP contribution < -0.4 is 14.8 Å². The molecular formula is C23H26N2O7. The van der Waals surface area contributed by atoms with Crippen LogP contribution in [0.5, 0.6) is 11.5 Å². The standard InChI is InChI=1S/C23H26N2O7/c1-16-3-6-18(7-4-16)24-21(26)14-32-23(28)17-5-8-19(20(13-17)29-2)31-15-22(27)25-9-11-30-12-10-25/h3-8,13H,9-12,14-15H2,1-2H3,(H,24,26). The largest absolute Gasteiger partial charge is 0.493 e. The Hall–Kier alpha value is -3.59. The third kappa shape index (κ3) is 6.45. The molecule has 2 aromatic rings. The van der Waals surface area contributed by atoms with Gasteiger partial charge in [-0.3, -0.25) is 9.59 Å². The predicted molar refractivity (Wildman–Crippen MR) is 116 cm³/mol. The Morgan fingerprint density at radius 1 is 1.00 bits per heavy atom. The summed E-state index contributed by atoms with van der Waals surface area (Å²) in [5, 5.41) is 2.66. The van der Waals surface area contributed by atoms with Crippen molar-refractivity contribution in [2.45, 2.75) is 6.92 Å². The van der Waals surface area contributed by atoms with E-state index in [0.29, 0.717) is 37.7 Å². The van der Waals surface area contributed by atoms with E-state index in [1.54, 1.807) is 17.0 Å². The molecule has 0 bridgehead atoms. The molecule has 0 spiro atoms. The van der Waals surface area contributed by atoms with E-state index in [2.05, 4.69) is 5.32 Å². The zero-order valence-corrected chi connectivity index (χ0v) is 18.1. The molecule has 32 heavy (non-hydrogen) atoms. The van der Waals surface area contributed by atoms with Crippen LogP contribution in [0.1, 0.15) is 15.9 Å². The fraction of sp³-hybridized carbons (Fsp3) is 0.348. The van der Waals surface area contributed by atoms with Crippen LogP contribution in [-0.2, 0) is 19.1 Å². The Morgan fingerprint density at radius 2 is 1.72 bits per heavy atom. The quantitative estimate of drug-likeness (QED) is 0.624. The van der Waals surface area contributed by atoms with Crippen LogP contribution >= 0.6 is 0 Å². The van der Waals surface area contributed by atoms with Crippen molar-refractivity contribution >= 4 is 23.5 Å². The summed E-state index contributed by atoms with van der Waals surface area (Å²) in [6.07, 6.45) is 0. The van der Waals surface area contributed by atoms with Crippen LogP contribution in [0.2, 0.25) is 0 Å². The number of hydrogen-bond acceptors (Lipinski definition) is 7. The van der Waals surface area contributed by atoms with Gasteiger partial charge in [-0.05, 0) is 37.3 Å². The number of benzene rings is 2. The van der Waals surface area contributed by atoms with Crippen LogP contribution in [0.15, 0.2) is 42.5 Å². The Balaban J connectivity index is 1.52. The van der Waals surface area contributed by atoms with E-state index in [9.17, 15) is 14.4 Å². The number of amides is 2. The highest BCUT2D eigenvalue weighted by Crippen LogP contribution is 2.28. The van der Waals surface area contributed by atoms with Crippen molar-refractivity contribution in [1.29, 1.82) is 0 Å². The highest BCUT2D eigenvalue weighted by molar-refractivity contribution is 5.95. The molecule has 0 aromatic heterocycles. The van der Waals surface area contributed by atoms with Gasteiger partial charge in [0.1, 0.15) is 0 Å². The molecule has 9 heteroatoms. The average molecular weight is 442 g/mol. The van der Waals surface area contributed by atoms with E-state index in [4.69, 9.17) is 18.9 Å². The molecule has 9 nitrogen and oxygen atoms in total. The summed E-state index contributed by atoms with van der Waals surface area (Å²) in [5.41, 5.74) is 1.88. The number of morpholine rings is 1. The van der Waals surface area contributed by atoms with Crippen molar-refractivity contribution in [3.05, 3.63) is 53.6 Å². The van der Waals surface area contributed by atoms with Gasteiger partial charge in [-0.15, -0.1) is 0 Å². The van der Waals surface area contributed by atoms with E-state index in [0.717, 1.165) is 5.56 Å². The van der Waals surface area contributed by atoms with Gasteiger partial charge in [-0.1, -0.05) is 17.7 Å². The molecule has 1 N–H and O–H groups in total. The summed E-state index contributed by atoms with van der Waals surface area (Å²) >= 11 is 0. The zero-order chi connectivity index (χ0) is 22.9. The van der Waals surface area contributed by atoms with Gasteiger partial charge in [0.15, 0.2) is 24.7 Å². The maximum atomic E-state index is 12.3. The number of ether oxygens (including phenoxy) is 4. The van der Waals surface area contributed by atoms with Crippen molar-refractivity contribution in [1.82, 2.24) is 4.90 Å². The molecule has 2 aromatic carbocycles. The second-order valence-electron chi connectivity index (χ2n) is 7.14. The lowest BCUT2D eigenvalue weighted by molar-refractivity contribution is -0.137. The average Bonchev–Trinajstić information content (AvgIpc) is 2.82. The summed E-state index contributed by atoms with van der Waals surface area (Å²) < 4.78 is 21.2. The fourth-order valence-electron chi connectivity index (χ4n) is 3.01. The summed E-state index contributed by atoms with van der Waals surface area (Å²) in [6, 6.07) is 11.7. The number of methoxy groups -OCH3 is 1. The second kappa shape index (κ2) is 11.1. The smallest absolute Gasteiger partial charge is 0.338 e. The monoisotopic (exact) mass is 442 g/mol. The number of nitrogens with one attached hydrogen (secondary N) is 1. The molecular weight excluding hydrogens is 416 g/mol. The number of rotatable bonds is 8. The fourth-order valence-corrected chi connectivity index (χ4v) is 3.01. The summed E-state index contributed by atoms with van der Waals surface area (Å²) in [7, 11) is 1.43. The van der Waals surface area contributed by atoms with Crippen molar-refractivity contribution in [2.75, 3.05) is 51.9 Å². The molecule has 0 saturated carbocycles. The minimum absolute atomic E-state index is 0.153. The Kier molecular flexibility index (Phi) is 8.04. The number of hydrogen-bond donors (Lipinski definition) is 1. The van der Waals surface area contributed by atoms with Gasteiger partial charge < -0.3 is 29.2 Å². The van der Waals surface area contributed by atoms with E-state index >= 15 is 0 Å².